The third kappa shape index (κ3) is 1.98. The monoisotopic (exact) mass is 190 g/mol. The minimum absolute atomic E-state index is 0.0347. The lowest BCUT2D eigenvalue weighted by Gasteiger charge is -2.23. The van der Waals surface area contributed by atoms with Crippen LogP contribution in [0.15, 0.2) is 18.7 Å². The fourth-order valence-corrected chi connectivity index (χ4v) is 1.67. The Morgan fingerprint density at radius 1 is 1.29 bits per heavy atom. The van der Waals surface area contributed by atoms with Gasteiger partial charge in [-0.1, -0.05) is 33.4 Å². The molecule has 1 heteroatoms. The van der Waals surface area contributed by atoms with Gasteiger partial charge in [-0.2, -0.15) is 0 Å². The van der Waals surface area contributed by atoms with E-state index in [1.54, 1.807) is 6.07 Å². The van der Waals surface area contributed by atoms with Crippen LogP contribution in [0.2, 0.25) is 0 Å². The van der Waals surface area contributed by atoms with E-state index in [9.17, 15) is 5.11 Å². The lowest BCUT2D eigenvalue weighted by Crippen LogP contribution is -2.13. The molecule has 0 aliphatic rings. The predicted molar refractivity (Wildman–Crippen MR) is 61.6 cm³/mol. The molecule has 1 nitrogen and oxygen atoms in total. The van der Waals surface area contributed by atoms with Crippen molar-refractivity contribution in [3.63, 3.8) is 0 Å². The number of hydrogen-bond donors (Lipinski definition) is 1. The molecule has 1 aromatic carbocycles. The van der Waals surface area contributed by atoms with Crippen LogP contribution >= 0.6 is 0 Å². The lowest BCUT2D eigenvalue weighted by molar-refractivity contribution is 0.470. The van der Waals surface area contributed by atoms with Crippen LogP contribution in [0.5, 0.6) is 5.75 Å². The number of phenolic OH excluding ortho intramolecular Hbond substituents is 1. The van der Waals surface area contributed by atoms with Crippen molar-refractivity contribution in [1.82, 2.24) is 0 Å². The number of aryl methyl sites for hydroxylation is 1. The van der Waals surface area contributed by atoms with Crippen molar-refractivity contribution in [3.05, 3.63) is 35.4 Å². The number of aromatic hydroxyl groups is 1. The van der Waals surface area contributed by atoms with Gasteiger partial charge in [0.1, 0.15) is 5.75 Å². The number of rotatable bonds is 1. The smallest absolute Gasteiger partial charge is 0.116 e. The molecule has 0 bridgehead atoms. The van der Waals surface area contributed by atoms with Gasteiger partial charge in [-0.05, 0) is 41.2 Å². The standard InChI is InChI=1S/C13H18O/c1-6-11-9(2)7-10(14)8-12(11)13(3,4)5/h6-8,14H,1H2,2-5H3. The maximum atomic E-state index is 9.54. The van der Waals surface area contributed by atoms with Crippen LogP contribution in [0, 0.1) is 6.92 Å². The van der Waals surface area contributed by atoms with Crippen molar-refractivity contribution in [1.29, 1.82) is 0 Å². The Bertz CT molecular complexity index is 356. The van der Waals surface area contributed by atoms with E-state index in [0.29, 0.717) is 5.75 Å². The normalized spacial score (nSPS) is 11.4. The molecule has 0 unspecified atom stereocenters. The molecule has 1 aromatic rings. The zero-order valence-corrected chi connectivity index (χ0v) is 9.39. The van der Waals surface area contributed by atoms with Crippen molar-refractivity contribution in [2.45, 2.75) is 33.1 Å². The summed E-state index contributed by atoms with van der Waals surface area (Å²) in [6.07, 6.45) is 1.86. The Morgan fingerprint density at radius 2 is 1.86 bits per heavy atom. The third-order valence-electron chi connectivity index (χ3n) is 2.38. The highest BCUT2D eigenvalue weighted by Gasteiger charge is 2.18. The van der Waals surface area contributed by atoms with Crippen LogP contribution in [0.25, 0.3) is 6.08 Å². The van der Waals surface area contributed by atoms with Crippen LogP contribution in [0.4, 0.5) is 0 Å². The highest BCUT2D eigenvalue weighted by molar-refractivity contribution is 5.60. The molecule has 0 radical (unpaired) electrons. The fourth-order valence-electron chi connectivity index (χ4n) is 1.67. The van der Waals surface area contributed by atoms with E-state index in [0.717, 1.165) is 16.7 Å². The minimum atomic E-state index is 0.0347. The largest absolute Gasteiger partial charge is 0.508 e. The molecule has 0 aliphatic heterocycles. The number of phenols is 1. The minimum Gasteiger partial charge on any atom is -0.508 e. The molecule has 1 N–H and O–H groups in total. The molecule has 0 aromatic heterocycles. The molecule has 0 saturated heterocycles. The van der Waals surface area contributed by atoms with Crippen molar-refractivity contribution < 1.29 is 5.11 Å². The molecule has 0 amide bonds. The van der Waals surface area contributed by atoms with Crippen LogP contribution in [-0.4, -0.2) is 5.11 Å². The quantitative estimate of drug-likeness (QED) is 0.716. The molecule has 0 aliphatic carbocycles. The first-order valence-corrected chi connectivity index (χ1v) is 4.83. The molecule has 76 valence electrons. The van der Waals surface area contributed by atoms with Gasteiger partial charge >= 0.3 is 0 Å². The van der Waals surface area contributed by atoms with Gasteiger partial charge in [0.15, 0.2) is 0 Å². The number of benzene rings is 1. The van der Waals surface area contributed by atoms with Gasteiger partial charge in [0.05, 0.1) is 0 Å². The predicted octanol–water partition coefficient (Wildman–Crippen LogP) is 3.64. The summed E-state index contributed by atoms with van der Waals surface area (Å²) < 4.78 is 0. The summed E-state index contributed by atoms with van der Waals surface area (Å²) in [5.74, 6) is 0.332. The summed E-state index contributed by atoms with van der Waals surface area (Å²) in [5.41, 5.74) is 3.39. The Balaban J connectivity index is 3.48. The molecular formula is C13H18O. The number of hydrogen-bond acceptors (Lipinski definition) is 1. The SMILES string of the molecule is C=Cc1c(C)cc(O)cc1C(C)(C)C. The molecule has 0 fully saturated rings. The van der Waals surface area contributed by atoms with E-state index in [1.165, 1.54) is 0 Å². The molecule has 14 heavy (non-hydrogen) atoms. The highest BCUT2D eigenvalue weighted by atomic mass is 16.3. The van der Waals surface area contributed by atoms with Gasteiger partial charge in [-0.15, -0.1) is 0 Å². The Hall–Kier alpha value is -1.24. The zero-order valence-electron chi connectivity index (χ0n) is 9.39. The lowest BCUT2D eigenvalue weighted by atomic mass is 9.82. The summed E-state index contributed by atoms with van der Waals surface area (Å²) in [4.78, 5) is 0. The van der Waals surface area contributed by atoms with Gasteiger partial charge in [0.25, 0.3) is 0 Å². The maximum Gasteiger partial charge on any atom is 0.116 e. The summed E-state index contributed by atoms with van der Waals surface area (Å²) >= 11 is 0. The van der Waals surface area contributed by atoms with Crippen LogP contribution in [-0.2, 0) is 5.41 Å². The van der Waals surface area contributed by atoms with Crippen molar-refractivity contribution in [3.8, 4) is 5.75 Å². The summed E-state index contributed by atoms with van der Waals surface area (Å²) in [7, 11) is 0. The molecule has 0 spiro atoms. The van der Waals surface area contributed by atoms with Crippen LogP contribution < -0.4 is 0 Å². The van der Waals surface area contributed by atoms with E-state index in [-0.39, 0.29) is 5.41 Å². The zero-order chi connectivity index (χ0) is 10.9. The Morgan fingerprint density at radius 3 is 2.29 bits per heavy atom. The molecular weight excluding hydrogens is 172 g/mol. The first-order valence-electron chi connectivity index (χ1n) is 4.83. The average Bonchev–Trinajstić information content (AvgIpc) is 2.01. The van der Waals surface area contributed by atoms with E-state index in [4.69, 9.17) is 0 Å². The van der Waals surface area contributed by atoms with Gasteiger partial charge < -0.3 is 5.11 Å². The van der Waals surface area contributed by atoms with E-state index in [2.05, 4.69) is 27.4 Å². The molecule has 1 rings (SSSR count). The Kier molecular flexibility index (Phi) is 2.70. The van der Waals surface area contributed by atoms with Crippen molar-refractivity contribution >= 4 is 6.08 Å². The molecule has 0 saturated carbocycles. The van der Waals surface area contributed by atoms with Crippen LogP contribution in [0.3, 0.4) is 0 Å². The van der Waals surface area contributed by atoms with Gasteiger partial charge in [0, 0.05) is 0 Å². The fraction of sp³-hybridized carbons (Fsp3) is 0.385. The van der Waals surface area contributed by atoms with E-state index >= 15 is 0 Å². The highest BCUT2D eigenvalue weighted by Crippen LogP contribution is 2.31. The van der Waals surface area contributed by atoms with Gasteiger partial charge in [-0.3, -0.25) is 0 Å². The molecule has 0 heterocycles. The second-order valence-corrected chi connectivity index (χ2v) is 4.68. The van der Waals surface area contributed by atoms with Gasteiger partial charge in [0.2, 0.25) is 0 Å². The van der Waals surface area contributed by atoms with E-state index < -0.39 is 0 Å². The van der Waals surface area contributed by atoms with E-state index in [1.807, 2.05) is 19.1 Å². The Labute approximate surface area is 86.1 Å². The second kappa shape index (κ2) is 3.49. The molecule has 0 atom stereocenters. The topological polar surface area (TPSA) is 20.2 Å². The first-order chi connectivity index (χ1) is 6.36. The second-order valence-electron chi connectivity index (χ2n) is 4.68. The first kappa shape index (κ1) is 10.8. The summed E-state index contributed by atoms with van der Waals surface area (Å²) in [6.45, 7) is 12.2. The van der Waals surface area contributed by atoms with Crippen LogP contribution in [0.1, 0.15) is 37.5 Å². The van der Waals surface area contributed by atoms with Gasteiger partial charge in [-0.25, -0.2) is 0 Å². The average molecular weight is 190 g/mol. The van der Waals surface area contributed by atoms with Crippen molar-refractivity contribution in [2.75, 3.05) is 0 Å². The summed E-state index contributed by atoms with van der Waals surface area (Å²) in [6, 6.07) is 3.59. The third-order valence-corrected chi connectivity index (χ3v) is 2.38. The van der Waals surface area contributed by atoms with Crippen molar-refractivity contribution in [2.24, 2.45) is 0 Å². The summed E-state index contributed by atoms with van der Waals surface area (Å²) in [5, 5.41) is 9.54. The maximum absolute atomic E-state index is 9.54.